The highest BCUT2D eigenvalue weighted by atomic mass is 32.1. The minimum Gasteiger partial charge on any atom is -0.397 e. The fraction of sp³-hybridized carbons (Fsp3) is 0.324. The zero-order valence-corrected chi connectivity index (χ0v) is 25.8. The Hall–Kier alpha value is -4.25. The number of pyridine rings is 1. The smallest absolute Gasteiger partial charge is 0.260 e. The van der Waals surface area contributed by atoms with Crippen LogP contribution in [0.5, 0.6) is 0 Å². The van der Waals surface area contributed by atoms with E-state index < -0.39 is 12.0 Å². The summed E-state index contributed by atoms with van der Waals surface area (Å²) in [6, 6.07) is 20.8. The van der Waals surface area contributed by atoms with Crippen molar-refractivity contribution in [1.29, 1.82) is 0 Å². The monoisotopic (exact) mass is 609 g/mol. The lowest BCUT2D eigenvalue weighted by Crippen LogP contribution is -2.44. The number of piperidine rings is 1. The zero-order valence-electron chi connectivity index (χ0n) is 24.9. The number of aromatic nitrogens is 3. The topological polar surface area (TPSA) is 135 Å². The van der Waals surface area contributed by atoms with Crippen molar-refractivity contribution in [1.82, 2.24) is 19.9 Å². The largest absolute Gasteiger partial charge is 0.397 e. The summed E-state index contributed by atoms with van der Waals surface area (Å²) in [6.07, 6.45) is 6.93. The maximum absolute atomic E-state index is 11.9. The van der Waals surface area contributed by atoms with E-state index in [2.05, 4.69) is 44.9 Å². The molecule has 0 radical (unpaired) electrons. The Morgan fingerprint density at radius 2 is 1.89 bits per heavy atom. The summed E-state index contributed by atoms with van der Waals surface area (Å²) in [7, 11) is 0. The van der Waals surface area contributed by atoms with Crippen molar-refractivity contribution in [2.75, 3.05) is 30.3 Å². The van der Waals surface area contributed by atoms with E-state index in [1.54, 1.807) is 0 Å². The van der Waals surface area contributed by atoms with Gasteiger partial charge in [0.2, 0.25) is 0 Å². The van der Waals surface area contributed by atoms with E-state index in [0.717, 1.165) is 83.9 Å². The van der Waals surface area contributed by atoms with Gasteiger partial charge < -0.3 is 31.4 Å². The summed E-state index contributed by atoms with van der Waals surface area (Å²) >= 11 is 1.28. The number of thiophene rings is 1. The van der Waals surface area contributed by atoms with Crippen LogP contribution in [0.2, 0.25) is 0 Å². The molecule has 1 aliphatic heterocycles. The molecule has 1 fully saturated rings. The van der Waals surface area contributed by atoms with Crippen molar-refractivity contribution in [3.63, 3.8) is 0 Å². The van der Waals surface area contributed by atoms with Crippen molar-refractivity contribution in [3.05, 3.63) is 94.6 Å². The van der Waals surface area contributed by atoms with Crippen LogP contribution in [-0.4, -0.2) is 51.2 Å². The zero-order chi connectivity index (χ0) is 30.6. The third kappa shape index (κ3) is 6.33. The first kappa shape index (κ1) is 29.8. The number of nitrogens with one attached hydrogen (secondary N) is 1. The number of primary amides is 1. The van der Waals surface area contributed by atoms with Gasteiger partial charge in [-0.15, -0.1) is 11.3 Å². The average Bonchev–Trinajstić information content (AvgIpc) is 3.65. The van der Waals surface area contributed by atoms with Crippen LogP contribution >= 0.6 is 11.3 Å². The van der Waals surface area contributed by atoms with Crippen molar-refractivity contribution >= 4 is 39.0 Å². The fourth-order valence-electron chi connectivity index (χ4n) is 6.04. The molecule has 0 bridgehead atoms. The van der Waals surface area contributed by atoms with E-state index in [0.29, 0.717) is 23.2 Å². The molecular weight excluding hydrogens is 570 g/mol. The number of carbonyl (C=O) groups is 1. The minimum absolute atomic E-state index is 0.309. The molecule has 1 aliphatic rings. The predicted octanol–water partition coefficient (Wildman–Crippen LogP) is 5.13. The lowest BCUT2D eigenvalue weighted by molar-refractivity contribution is 0.100. The number of fused-ring (bicyclic) bond motifs is 1. The van der Waals surface area contributed by atoms with Crippen molar-refractivity contribution < 1.29 is 9.90 Å². The van der Waals surface area contributed by atoms with Gasteiger partial charge in [-0.3, -0.25) is 4.79 Å². The molecule has 2 aromatic carbocycles. The molecule has 1 unspecified atom stereocenters. The second-order valence-electron chi connectivity index (χ2n) is 11.5. The summed E-state index contributed by atoms with van der Waals surface area (Å²) in [5, 5.41) is 15.4. The van der Waals surface area contributed by atoms with E-state index in [-0.39, 0.29) is 0 Å². The molecule has 9 nitrogen and oxygen atoms in total. The number of amides is 1. The Morgan fingerprint density at radius 1 is 1.14 bits per heavy atom. The number of hydrogen-bond acceptors (Lipinski definition) is 8. The normalized spacial score (nSPS) is 14.7. The molecule has 0 saturated carbocycles. The summed E-state index contributed by atoms with van der Waals surface area (Å²) in [6.45, 7) is 5.08. The van der Waals surface area contributed by atoms with Gasteiger partial charge in [0, 0.05) is 55.6 Å². The van der Waals surface area contributed by atoms with E-state index in [1.807, 2.05) is 54.9 Å². The van der Waals surface area contributed by atoms with Gasteiger partial charge in [0.25, 0.3) is 5.91 Å². The van der Waals surface area contributed by atoms with Gasteiger partial charge in [-0.25, -0.2) is 9.97 Å². The number of nitrogens with zero attached hydrogens (tertiary/aromatic N) is 4. The van der Waals surface area contributed by atoms with Crippen LogP contribution in [0.4, 0.5) is 11.5 Å². The molecule has 228 valence electrons. The molecule has 1 saturated heterocycles. The van der Waals surface area contributed by atoms with E-state index in [1.165, 1.54) is 16.9 Å². The molecule has 10 heteroatoms. The molecule has 0 aliphatic carbocycles. The van der Waals surface area contributed by atoms with Gasteiger partial charge in [-0.2, -0.15) is 0 Å². The van der Waals surface area contributed by atoms with Crippen molar-refractivity contribution in [2.45, 2.75) is 51.3 Å². The first-order chi connectivity index (χ1) is 21.4. The summed E-state index contributed by atoms with van der Waals surface area (Å²) in [5.74, 6) is 1.32. The number of benzene rings is 2. The molecule has 6 N–H and O–H groups in total. The molecule has 0 spiro atoms. The van der Waals surface area contributed by atoms with Crippen LogP contribution in [-0.2, 0) is 13.0 Å². The molecule has 1 atom stereocenters. The number of aryl methyl sites for hydroxylation is 1. The second kappa shape index (κ2) is 13.2. The van der Waals surface area contributed by atoms with Crippen LogP contribution in [0.3, 0.4) is 0 Å². The SMILES string of the molecule is CCCc1cc(N2CCC(NCC(O)c3ccc(-c4nccn4Cc4ccccc4)cc3)CC2)nc2sc(C(N)=O)c(N)c12. The van der Waals surface area contributed by atoms with Gasteiger partial charge in [0.05, 0.1) is 11.8 Å². The Kier molecular flexibility index (Phi) is 8.92. The van der Waals surface area contributed by atoms with Gasteiger partial charge in [-0.05, 0) is 42.0 Å². The molecule has 3 aromatic heterocycles. The highest BCUT2D eigenvalue weighted by molar-refractivity contribution is 7.21. The maximum atomic E-state index is 11.9. The van der Waals surface area contributed by atoms with Gasteiger partial charge >= 0.3 is 0 Å². The third-order valence-corrected chi connectivity index (χ3v) is 9.51. The number of carbonyl (C=O) groups excluding carboxylic acids is 1. The Morgan fingerprint density at radius 3 is 2.59 bits per heavy atom. The van der Waals surface area contributed by atoms with E-state index in [4.69, 9.17) is 16.5 Å². The lowest BCUT2D eigenvalue weighted by atomic mass is 10.0. The minimum atomic E-state index is -0.601. The molecule has 4 heterocycles. The second-order valence-corrected chi connectivity index (χ2v) is 12.4. The van der Waals surface area contributed by atoms with Crippen LogP contribution < -0.4 is 21.7 Å². The van der Waals surface area contributed by atoms with Crippen LogP contribution in [0.15, 0.2) is 73.1 Å². The molecule has 5 aromatic rings. The highest BCUT2D eigenvalue weighted by Crippen LogP contribution is 2.37. The van der Waals surface area contributed by atoms with Crippen molar-refractivity contribution in [3.8, 4) is 11.4 Å². The van der Waals surface area contributed by atoms with Crippen LogP contribution in [0.1, 0.15) is 58.7 Å². The third-order valence-electron chi connectivity index (χ3n) is 8.39. The number of aliphatic hydroxyl groups is 1. The number of nitrogen functional groups attached to an aromatic ring is 1. The molecular formula is C34H39N7O2S. The van der Waals surface area contributed by atoms with Crippen LogP contribution in [0, 0.1) is 0 Å². The highest BCUT2D eigenvalue weighted by Gasteiger charge is 2.24. The standard InChI is InChI=1S/C34H39N7O2S/c1-2-6-25-19-28(39-34-29(25)30(35)31(44-34)32(36)43)40-16-13-26(14-17-40)38-20-27(42)23-9-11-24(12-10-23)33-37-15-18-41(33)21-22-7-4-3-5-8-22/h3-5,7-12,15,18-19,26-27,38,42H,2,6,13-14,16-17,20-21,35H2,1H3,(H2,36,43). The van der Waals surface area contributed by atoms with E-state index in [9.17, 15) is 9.90 Å². The maximum Gasteiger partial charge on any atom is 0.260 e. The molecule has 1 amide bonds. The fourth-order valence-corrected chi connectivity index (χ4v) is 7.02. The lowest BCUT2D eigenvalue weighted by Gasteiger charge is -2.34. The summed E-state index contributed by atoms with van der Waals surface area (Å²) < 4.78 is 2.14. The predicted molar refractivity (Wildman–Crippen MR) is 178 cm³/mol. The molecule has 44 heavy (non-hydrogen) atoms. The van der Waals surface area contributed by atoms with Gasteiger partial charge in [0.15, 0.2) is 0 Å². The summed E-state index contributed by atoms with van der Waals surface area (Å²) in [5.41, 5.74) is 16.6. The Balaban J connectivity index is 1.04. The first-order valence-corrected chi connectivity index (χ1v) is 16.1. The number of rotatable bonds is 11. The number of hydrogen-bond donors (Lipinski definition) is 4. The number of anilines is 2. The first-order valence-electron chi connectivity index (χ1n) is 15.2. The number of imidazole rings is 1. The Labute approximate surface area is 261 Å². The number of nitrogens with two attached hydrogens (primary N) is 2. The average molecular weight is 610 g/mol. The van der Waals surface area contributed by atoms with Crippen molar-refractivity contribution in [2.24, 2.45) is 5.73 Å². The quantitative estimate of drug-likeness (QED) is 0.163. The van der Waals surface area contributed by atoms with E-state index >= 15 is 0 Å². The molecule has 6 rings (SSSR count). The summed E-state index contributed by atoms with van der Waals surface area (Å²) in [4.78, 5) is 24.8. The van der Waals surface area contributed by atoms with Gasteiger partial charge in [-0.1, -0.05) is 67.9 Å². The number of aliphatic hydroxyl groups excluding tert-OH is 1. The van der Waals surface area contributed by atoms with Gasteiger partial charge in [0.1, 0.15) is 21.3 Å². The van der Waals surface area contributed by atoms with Crippen LogP contribution in [0.25, 0.3) is 21.6 Å². The Bertz CT molecular complexity index is 1720.